The molecule has 1 aromatic rings. The van der Waals surface area contributed by atoms with Gasteiger partial charge in [0.15, 0.2) is 0 Å². The molecule has 1 N–H and O–H groups in total. The van der Waals surface area contributed by atoms with Crippen LogP contribution in [0.25, 0.3) is 0 Å². The molecule has 66 valence electrons. The Kier molecular flexibility index (Phi) is 2.15. The second-order valence-corrected chi connectivity index (χ2v) is 3.08. The molecule has 2 atom stereocenters. The third-order valence-corrected chi connectivity index (χ3v) is 2.32. The van der Waals surface area contributed by atoms with Crippen molar-refractivity contribution in [3.8, 4) is 0 Å². The Hall–Kier alpha value is -0.800. The maximum absolute atomic E-state index is 9.02. The van der Waals surface area contributed by atoms with E-state index in [9.17, 15) is 0 Å². The van der Waals surface area contributed by atoms with E-state index >= 15 is 0 Å². The fourth-order valence-corrected chi connectivity index (χ4v) is 1.63. The van der Waals surface area contributed by atoms with E-state index in [1.165, 1.54) is 0 Å². The molecule has 0 aromatic carbocycles. The average Bonchev–Trinajstić information content (AvgIpc) is 2.74. The third kappa shape index (κ3) is 1.26. The topological polar surface area (TPSA) is 42.6 Å². The number of aliphatic hydroxyl groups excluding tert-OH is 1. The van der Waals surface area contributed by atoms with Crippen LogP contribution in [-0.4, -0.2) is 18.3 Å². The lowest BCUT2D eigenvalue weighted by Crippen LogP contribution is -2.10. The zero-order valence-electron chi connectivity index (χ0n) is 6.77. The summed E-state index contributed by atoms with van der Waals surface area (Å²) < 4.78 is 10.4. The van der Waals surface area contributed by atoms with E-state index in [4.69, 9.17) is 14.3 Å². The van der Waals surface area contributed by atoms with E-state index in [2.05, 4.69) is 0 Å². The van der Waals surface area contributed by atoms with Crippen LogP contribution in [0.1, 0.15) is 18.1 Å². The fourth-order valence-electron chi connectivity index (χ4n) is 1.63. The Balaban J connectivity index is 2.13. The van der Waals surface area contributed by atoms with Crippen molar-refractivity contribution in [2.75, 3.05) is 13.2 Å². The normalized spacial score (nSPS) is 29.4. The SMILES string of the molecule is OCC1CCOC1c1ccoc1. The molecule has 1 aromatic heterocycles. The first-order valence-corrected chi connectivity index (χ1v) is 4.16. The summed E-state index contributed by atoms with van der Waals surface area (Å²) in [6, 6.07) is 1.89. The molecule has 2 heterocycles. The van der Waals surface area contributed by atoms with Crippen LogP contribution in [0.5, 0.6) is 0 Å². The van der Waals surface area contributed by atoms with Gasteiger partial charge in [-0.05, 0) is 12.5 Å². The van der Waals surface area contributed by atoms with Gasteiger partial charge in [0.2, 0.25) is 0 Å². The summed E-state index contributed by atoms with van der Waals surface area (Å²) in [4.78, 5) is 0. The van der Waals surface area contributed by atoms with Gasteiger partial charge in [-0.1, -0.05) is 0 Å². The predicted octanol–water partition coefficient (Wildman–Crippen LogP) is 1.35. The maximum Gasteiger partial charge on any atom is 0.0960 e. The maximum atomic E-state index is 9.02. The van der Waals surface area contributed by atoms with Crippen LogP contribution in [0.3, 0.4) is 0 Å². The molecule has 0 saturated carbocycles. The van der Waals surface area contributed by atoms with E-state index < -0.39 is 0 Å². The second kappa shape index (κ2) is 3.29. The summed E-state index contributed by atoms with van der Waals surface area (Å²) in [6.45, 7) is 0.928. The molecule has 3 heteroatoms. The van der Waals surface area contributed by atoms with E-state index in [0.717, 1.165) is 18.6 Å². The first-order chi connectivity index (χ1) is 5.92. The van der Waals surface area contributed by atoms with Gasteiger partial charge in [-0.2, -0.15) is 0 Å². The summed E-state index contributed by atoms with van der Waals surface area (Å²) in [5.74, 6) is 0.239. The van der Waals surface area contributed by atoms with E-state index in [0.29, 0.717) is 0 Å². The van der Waals surface area contributed by atoms with E-state index in [-0.39, 0.29) is 18.6 Å². The minimum atomic E-state index is 0.0359. The van der Waals surface area contributed by atoms with E-state index in [1.807, 2.05) is 6.07 Å². The van der Waals surface area contributed by atoms with Crippen molar-refractivity contribution in [3.63, 3.8) is 0 Å². The van der Waals surface area contributed by atoms with Crippen molar-refractivity contribution in [2.45, 2.75) is 12.5 Å². The van der Waals surface area contributed by atoms with Gasteiger partial charge < -0.3 is 14.3 Å². The lowest BCUT2D eigenvalue weighted by Gasteiger charge is -2.13. The summed E-state index contributed by atoms with van der Waals surface area (Å²) in [5.41, 5.74) is 1.03. The summed E-state index contributed by atoms with van der Waals surface area (Å²) >= 11 is 0. The van der Waals surface area contributed by atoms with Gasteiger partial charge in [-0.25, -0.2) is 0 Å². The Morgan fingerprint density at radius 1 is 1.58 bits per heavy atom. The largest absolute Gasteiger partial charge is 0.472 e. The van der Waals surface area contributed by atoms with Gasteiger partial charge in [0, 0.05) is 24.7 Å². The van der Waals surface area contributed by atoms with Gasteiger partial charge in [0.1, 0.15) is 0 Å². The lowest BCUT2D eigenvalue weighted by molar-refractivity contribution is 0.0716. The van der Waals surface area contributed by atoms with Crippen molar-refractivity contribution in [1.82, 2.24) is 0 Å². The molecule has 12 heavy (non-hydrogen) atoms. The molecule has 1 saturated heterocycles. The number of hydrogen-bond acceptors (Lipinski definition) is 3. The summed E-state index contributed by atoms with van der Waals surface area (Å²) in [5, 5.41) is 9.02. The van der Waals surface area contributed by atoms with Crippen LogP contribution in [0.4, 0.5) is 0 Å². The second-order valence-electron chi connectivity index (χ2n) is 3.08. The molecule has 0 radical (unpaired) electrons. The molecule has 1 aliphatic rings. The highest BCUT2D eigenvalue weighted by molar-refractivity contribution is 5.11. The van der Waals surface area contributed by atoms with Gasteiger partial charge in [-0.3, -0.25) is 0 Å². The highest BCUT2D eigenvalue weighted by Crippen LogP contribution is 2.33. The highest BCUT2D eigenvalue weighted by atomic mass is 16.5. The molecule has 0 bridgehead atoms. The molecule has 1 fully saturated rings. The van der Waals surface area contributed by atoms with Crippen molar-refractivity contribution >= 4 is 0 Å². The van der Waals surface area contributed by atoms with Crippen LogP contribution in [0.2, 0.25) is 0 Å². The van der Waals surface area contributed by atoms with E-state index in [1.54, 1.807) is 12.5 Å². The van der Waals surface area contributed by atoms with Crippen molar-refractivity contribution < 1.29 is 14.3 Å². The van der Waals surface area contributed by atoms with Crippen LogP contribution in [0, 0.1) is 5.92 Å². The standard InChI is InChI=1S/C9H12O3/c10-5-7-2-4-12-9(7)8-1-3-11-6-8/h1,3,6-7,9-10H,2,4-5H2. The molecule has 0 amide bonds. The quantitative estimate of drug-likeness (QED) is 0.724. The first kappa shape index (κ1) is 7.83. The fraction of sp³-hybridized carbons (Fsp3) is 0.556. The van der Waals surface area contributed by atoms with Gasteiger partial charge in [-0.15, -0.1) is 0 Å². The zero-order chi connectivity index (χ0) is 8.39. The lowest BCUT2D eigenvalue weighted by atomic mass is 9.98. The molecule has 2 rings (SSSR count). The highest BCUT2D eigenvalue weighted by Gasteiger charge is 2.29. The van der Waals surface area contributed by atoms with Crippen LogP contribution < -0.4 is 0 Å². The van der Waals surface area contributed by atoms with Crippen LogP contribution in [-0.2, 0) is 4.74 Å². The molecule has 1 aliphatic heterocycles. The molecule has 0 aliphatic carbocycles. The number of aliphatic hydroxyl groups is 1. The monoisotopic (exact) mass is 168 g/mol. The van der Waals surface area contributed by atoms with Gasteiger partial charge >= 0.3 is 0 Å². The Morgan fingerprint density at radius 3 is 3.17 bits per heavy atom. The minimum absolute atomic E-state index is 0.0359. The third-order valence-electron chi connectivity index (χ3n) is 2.32. The van der Waals surface area contributed by atoms with Gasteiger partial charge in [0.25, 0.3) is 0 Å². The summed E-state index contributed by atoms with van der Waals surface area (Å²) in [7, 11) is 0. The predicted molar refractivity (Wildman–Crippen MR) is 42.6 cm³/mol. The molecule has 2 unspecified atom stereocenters. The molecular formula is C9H12O3. The smallest absolute Gasteiger partial charge is 0.0960 e. The number of ether oxygens (including phenoxy) is 1. The first-order valence-electron chi connectivity index (χ1n) is 4.16. The minimum Gasteiger partial charge on any atom is -0.472 e. The van der Waals surface area contributed by atoms with Gasteiger partial charge in [0.05, 0.1) is 18.6 Å². The molecule has 0 spiro atoms. The van der Waals surface area contributed by atoms with Crippen LogP contribution >= 0.6 is 0 Å². The number of rotatable bonds is 2. The average molecular weight is 168 g/mol. The molecular weight excluding hydrogens is 156 g/mol. The van der Waals surface area contributed by atoms with Crippen LogP contribution in [0.15, 0.2) is 23.0 Å². The van der Waals surface area contributed by atoms with Crippen molar-refractivity contribution in [3.05, 3.63) is 24.2 Å². The number of furan rings is 1. The molecule has 3 nitrogen and oxygen atoms in total. The Morgan fingerprint density at radius 2 is 2.50 bits per heavy atom. The van der Waals surface area contributed by atoms with Crippen molar-refractivity contribution in [2.24, 2.45) is 5.92 Å². The van der Waals surface area contributed by atoms with Crippen molar-refractivity contribution in [1.29, 1.82) is 0 Å². The number of hydrogen-bond donors (Lipinski definition) is 1. The zero-order valence-corrected chi connectivity index (χ0v) is 6.77. The Labute approximate surface area is 71.0 Å². The Bertz CT molecular complexity index is 230. The summed E-state index contributed by atoms with van der Waals surface area (Å²) in [6.07, 6.45) is 4.28.